The third kappa shape index (κ3) is 3.05. The molecule has 1 aromatic carbocycles. The molecule has 0 fully saturated rings. The first-order valence-electron chi connectivity index (χ1n) is 4.79. The Morgan fingerprint density at radius 2 is 2.25 bits per heavy atom. The van der Waals surface area contributed by atoms with Crippen LogP contribution in [0.15, 0.2) is 23.8 Å². The summed E-state index contributed by atoms with van der Waals surface area (Å²) in [6.45, 7) is 3.74. The predicted molar refractivity (Wildman–Crippen MR) is 65.4 cm³/mol. The quantitative estimate of drug-likeness (QED) is 0.652. The molecule has 5 heteroatoms. The molecule has 0 spiro atoms. The Morgan fingerprint density at radius 1 is 1.62 bits per heavy atom. The van der Waals surface area contributed by atoms with Gasteiger partial charge in [0, 0.05) is 12.1 Å². The zero-order chi connectivity index (χ0) is 12.3. The normalized spacial score (nSPS) is 13.6. The van der Waals surface area contributed by atoms with Crippen LogP contribution in [0.2, 0.25) is 5.02 Å². The summed E-state index contributed by atoms with van der Waals surface area (Å²) < 4.78 is 0. The first kappa shape index (κ1) is 12.7. The first-order chi connectivity index (χ1) is 7.41. The number of nitrogens with two attached hydrogens (primary N) is 1. The maximum absolute atomic E-state index is 10.7. The van der Waals surface area contributed by atoms with Crippen LogP contribution < -0.4 is 5.73 Å². The molecule has 0 bridgehead atoms. The van der Waals surface area contributed by atoms with Crippen molar-refractivity contribution in [1.29, 1.82) is 0 Å². The van der Waals surface area contributed by atoms with E-state index in [0.717, 1.165) is 11.1 Å². The van der Waals surface area contributed by atoms with Crippen molar-refractivity contribution in [2.24, 2.45) is 5.73 Å². The Labute approximate surface area is 98.9 Å². The van der Waals surface area contributed by atoms with Crippen molar-refractivity contribution < 1.29 is 4.92 Å². The van der Waals surface area contributed by atoms with Crippen molar-refractivity contribution in [2.45, 2.75) is 19.9 Å². The molecule has 2 N–H and O–H groups in total. The van der Waals surface area contributed by atoms with Crippen LogP contribution in [0, 0.1) is 10.1 Å². The summed E-state index contributed by atoms with van der Waals surface area (Å²) in [5, 5.41) is 10.8. The van der Waals surface area contributed by atoms with Crippen molar-refractivity contribution in [3.8, 4) is 0 Å². The molecule has 1 atom stereocenters. The number of hydrogen-bond acceptors (Lipinski definition) is 3. The Balaban J connectivity index is 3.13. The summed E-state index contributed by atoms with van der Waals surface area (Å²) in [6, 6.07) is 4.60. The highest BCUT2D eigenvalue weighted by molar-refractivity contribution is 6.32. The van der Waals surface area contributed by atoms with Gasteiger partial charge in [0.1, 0.15) is 5.02 Å². The first-order valence-corrected chi connectivity index (χ1v) is 5.17. The minimum Gasteiger partial charge on any atom is -0.324 e. The van der Waals surface area contributed by atoms with Crippen molar-refractivity contribution in [1.82, 2.24) is 0 Å². The minimum atomic E-state index is -0.499. The molecule has 0 aromatic heterocycles. The van der Waals surface area contributed by atoms with Gasteiger partial charge in [0.05, 0.1) is 4.92 Å². The lowest BCUT2D eigenvalue weighted by atomic mass is 10.1. The molecule has 1 aromatic rings. The van der Waals surface area contributed by atoms with Gasteiger partial charge < -0.3 is 5.73 Å². The minimum absolute atomic E-state index is 0.0743. The lowest BCUT2D eigenvalue weighted by Crippen LogP contribution is -2.15. The molecule has 86 valence electrons. The number of benzene rings is 1. The third-order valence-corrected chi connectivity index (χ3v) is 2.60. The second-order valence-electron chi connectivity index (χ2n) is 3.64. The van der Waals surface area contributed by atoms with Crippen LogP contribution in [0.5, 0.6) is 0 Å². The summed E-state index contributed by atoms with van der Waals surface area (Å²) in [7, 11) is 0. The van der Waals surface area contributed by atoms with Crippen LogP contribution in [0.3, 0.4) is 0 Å². The molecule has 0 aliphatic heterocycles. The van der Waals surface area contributed by atoms with E-state index in [-0.39, 0.29) is 16.8 Å². The molecule has 1 unspecified atom stereocenters. The van der Waals surface area contributed by atoms with E-state index in [1.54, 1.807) is 6.07 Å². The molecule has 0 radical (unpaired) electrons. The van der Waals surface area contributed by atoms with Crippen molar-refractivity contribution in [3.05, 3.63) is 44.5 Å². The lowest BCUT2D eigenvalue weighted by Gasteiger charge is -2.05. The third-order valence-electron chi connectivity index (χ3n) is 2.28. The second-order valence-corrected chi connectivity index (χ2v) is 4.05. The number of rotatable bonds is 3. The van der Waals surface area contributed by atoms with Crippen LogP contribution in [0.1, 0.15) is 19.4 Å². The molecule has 0 heterocycles. The van der Waals surface area contributed by atoms with Crippen molar-refractivity contribution in [3.63, 3.8) is 0 Å². The smallest absolute Gasteiger partial charge is 0.288 e. The lowest BCUT2D eigenvalue weighted by molar-refractivity contribution is -0.384. The van der Waals surface area contributed by atoms with E-state index in [1.807, 2.05) is 19.9 Å². The monoisotopic (exact) mass is 240 g/mol. The number of nitro benzene ring substituents is 1. The molecule has 1 rings (SSSR count). The van der Waals surface area contributed by atoms with Crippen LogP contribution in [-0.2, 0) is 0 Å². The Morgan fingerprint density at radius 3 is 2.75 bits per heavy atom. The van der Waals surface area contributed by atoms with E-state index in [0.29, 0.717) is 0 Å². The number of halogens is 1. The molecule has 16 heavy (non-hydrogen) atoms. The summed E-state index contributed by atoms with van der Waals surface area (Å²) in [5.74, 6) is 0. The fourth-order valence-corrected chi connectivity index (χ4v) is 1.34. The standard InChI is InChI=1S/C11H13ClN2O2/c1-7(8(2)13)5-9-3-4-10(12)11(6-9)14(15)16/h3-6,8H,13H2,1-2H3/b7-5+. The molecule has 0 aliphatic carbocycles. The van der Waals surface area contributed by atoms with Gasteiger partial charge in [-0.15, -0.1) is 0 Å². The largest absolute Gasteiger partial charge is 0.324 e. The van der Waals surface area contributed by atoms with E-state index in [4.69, 9.17) is 17.3 Å². The molecule has 0 saturated heterocycles. The van der Waals surface area contributed by atoms with Crippen LogP contribution in [0.25, 0.3) is 6.08 Å². The van der Waals surface area contributed by atoms with Gasteiger partial charge in [-0.1, -0.05) is 29.3 Å². The number of nitro groups is 1. The molecule has 0 aliphatic rings. The average Bonchev–Trinajstić information content (AvgIpc) is 2.20. The van der Waals surface area contributed by atoms with Crippen LogP contribution in [-0.4, -0.2) is 11.0 Å². The van der Waals surface area contributed by atoms with Crippen LogP contribution in [0.4, 0.5) is 5.69 Å². The SMILES string of the molecule is C/C(=C\c1ccc(Cl)c([N+](=O)[O-])c1)C(C)N. The van der Waals surface area contributed by atoms with Crippen LogP contribution >= 0.6 is 11.6 Å². The summed E-state index contributed by atoms with van der Waals surface area (Å²) >= 11 is 5.70. The van der Waals surface area contributed by atoms with Gasteiger partial charge in [0.15, 0.2) is 0 Å². The number of hydrogen-bond donors (Lipinski definition) is 1. The predicted octanol–water partition coefficient (Wildman–Crippen LogP) is 3.00. The van der Waals surface area contributed by atoms with E-state index in [1.165, 1.54) is 12.1 Å². The van der Waals surface area contributed by atoms with E-state index in [2.05, 4.69) is 0 Å². The van der Waals surface area contributed by atoms with E-state index < -0.39 is 4.92 Å². The van der Waals surface area contributed by atoms with Crippen molar-refractivity contribution >= 4 is 23.4 Å². The summed E-state index contributed by atoms with van der Waals surface area (Å²) in [5.41, 5.74) is 7.28. The highest BCUT2D eigenvalue weighted by Gasteiger charge is 2.11. The Hall–Kier alpha value is -1.39. The summed E-state index contributed by atoms with van der Waals surface area (Å²) in [6.07, 6.45) is 1.81. The average molecular weight is 241 g/mol. The van der Waals surface area contributed by atoms with Gasteiger partial charge in [-0.3, -0.25) is 10.1 Å². The highest BCUT2D eigenvalue weighted by atomic mass is 35.5. The summed E-state index contributed by atoms with van der Waals surface area (Å²) in [4.78, 5) is 10.2. The zero-order valence-electron chi connectivity index (χ0n) is 9.11. The highest BCUT2D eigenvalue weighted by Crippen LogP contribution is 2.26. The fourth-order valence-electron chi connectivity index (χ4n) is 1.15. The maximum Gasteiger partial charge on any atom is 0.288 e. The number of nitrogens with zero attached hydrogens (tertiary/aromatic N) is 1. The molecule has 0 amide bonds. The van der Waals surface area contributed by atoms with Gasteiger partial charge >= 0.3 is 0 Å². The molecule has 4 nitrogen and oxygen atoms in total. The Kier molecular flexibility index (Phi) is 4.04. The second kappa shape index (κ2) is 5.09. The topological polar surface area (TPSA) is 69.2 Å². The molecular weight excluding hydrogens is 228 g/mol. The van der Waals surface area contributed by atoms with Gasteiger partial charge in [-0.25, -0.2) is 0 Å². The zero-order valence-corrected chi connectivity index (χ0v) is 9.86. The van der Waals surface area contributed by atoms with Crippen molar-refractivity contribution in [2.75, 3.05) is 0 Å². The van der Waals surface area contributed by atoms with E-state index in [9.17, 15) is 10.1 Å². The van der Waals surface area contributed by atoms with E-state index >= 15 is 0 Å². The molecular formula is C11H13ClN2O2. The maximum atomic E-state index is 10.7. The van der Waals surface area contributed by atoms with Gasteiger partial charge in [-0.2, -0.15) is 0 Å². The fraction of sp³-hybridized carbons (Fsp3) is 0.273. The van der Waals surface area contributed by atoms with Gasteiger partial charge in [0.2, 0.25) is 0 Å². The van der Waals surface area contributed by atoms with Gasteiger partial charge in [0.25, 0.3) is 5.69 Å². The van der Waals surface area contributed by atoms with Gasteiger partial charge in [-0.05, 0) is 25.5 Å². The molecule has 0 saturated carbocycles. The Bertz CT molecular complexity index is 442.